The third-order valence-corrected chi connectivity index (χ3v) is 9.02. The number of nitrogens with zero attached hydrogens (tertiary/aromatic N) is 3. The molecule has 1 aromatic carbocycles. The van der Waals surface area contributed by atoms with Crippen LogP contribution in [0.3, 0.4) is 0 Å². The fourth-order valence-corrected chi connectivity index (χ4v) is 6.28. The third kappa shape index (κ3) is 6.02. The lowest BCUT2D eigenvalue weighted by atomic mass is 10.1. The maximum Gasteiger partial charge on any atom is 0.248 e. The first-order valence-electron chi connectivity index (χ1n) is 11.0. The van der Waals surface area contributed by atoms with Gasteiger partial charge in [-0.2, -0.15) is 4.31 Å². The molecule has 0 radical (unpaired) electrons. The van der Waals surface area contributed by atoms with Gasteiger partial charge in [0.25, 0.3) is 0 Å². The van der Waals surface area contributed by atoms with Crippen molar-refractivity contribution < 1.29 is 26.2 Å². The summed E-state index contributed by atoms with van der Waals surface area (Å²) in [5, 5.41) is 11.8. The van der Waals surface area contributed by atoms with Crippen molar-refractivity contribution in [2.75, 3.05) is 32.7 Å². The van der Waals surface area contributed by atoms with E-state index in [1.165, 1.54) is 16.4 Å². The summed E-state index contributed by atoms with van der Waals surface area (Å²) in [5.74, 6) is 0.119. The molecule has 13 heteroatoms. The van der Waals surface area contributed by atoms with Crippen molar-refractivity contribution in [1.82, 2.24) is 19.7 Å². The number of aromatic nitrogens is 1. The normalized spacial score (nSPS) is 17.3. The summed E-state index contributed by atoms with van der Waals surface area (Å²) in [6.45, 7) is 7.01. The Hall–Kier alpha value is -2.32. The number of nitrogens with two attached hydrogens (primary N) is 1. The van der Waals surface area contributed by atoms with Gasteiger partial charge >= 0.3 is 0 Å². The van der Waals surface area contributed by atoms with E-state index in [0.717, 1.165) is 5.56 Å². The molecule has 2 aromatic rings. The Morgan fingerprint density at radius 3 is 2.38 bits per heavy atom. The summed E-state index contributed by atoms with van der Waals surface area (Å²) >= 11 is 0. The van der Waals surface area contributed by atoms with Crippen molar-refractivity contribution in [3.05, 3.63) is 41.3 Å². The van der Waals surface area contributed by atoms with Crippen LogP contribution in [0.15, 0.2) is 38.6 Å². The number of aryl methyl sites for hydroxylation is 2. The molecular formula is C21H31N5O6S2. The Kier molecular flexibility index (Phi) is 8.14. The van der Waals surface area contributed by atoms with Gasteiger partial charge in [-0.15, -0.1) is 0 Å². The van der Waals surface area contributed by atoms with Crippen molar-refractivity contribution in [2.45, 2.75) is 49.4 Å². The summed E-state index contributed by atoms with van der Waals surface area (Å²) in [6, 6.07) is 5.78. The molecule has 0 spiro atoms. The van der Waals surface area contributed by atoms with Crippen LogP contribution in [0.1, 0.15) is 30.4 Å². The molecule has 1 amide bonds. The van der Waals surface area contributed by atoms with Crippen molar-refractivity contribution in [1.29, 1.82) is 0 Å². The molecule has 1 unspecified atom stereocenters. The van der Waals surface area contributed by atoms with Crippen LogP contribution < -0.4 is 10.5 Å². The highest BCUT2D eigenvalue weighted by molar-refractivity contribution is 7.89. The summed E-state index contributed by atoms with van der Waals surface area (Å²) in [5.41, 5.74) is 1.21. The van der Waals surface area contributed by atoms with Gasteiger partial charge in [-0.05, 0) is 51.3 Å². The molecule has 2 heterocycles. The van der Waals surface area contributed by atoms with Crippen LogP contribution >= 0.6 is 0 Å². The zero-order chi connectivity index (χ0) is 25.1. The summed E-state index contributed by atoms with van der Waals surface area (Å²) in [6.07, 6.45) is 1.13. The van der Waals surface area contributed by atoms with Gasteiger partial charge in [-0.25, -0.2) is 22.0 Å². The standard InChI is InChI=1S/C21H31N5O6S2/c1-15-20(17(3)32-24-15)34(30,31)26-12-4-11-25(13-14-26)16(2)21(27)23-10-9-18-5-7-19(8-6-18)33(22,28)29/h5-8,16H,4,9-14H2,1-3H3,(H,23,27)(H2,22,28,29). The van der Waals surface area contributed by atoms with E-state index in [2.05, 4.69) is 10.5 Å². The Morgan fingerprint density at radius 2 is 1.79 bits per heavy atom. The number of hydrogen-bond donors (Lipinski definition) is 2. The van der Waals surface area contributed by atoms with Gasteiger partial charge in [0.05, 0.1) is 10.9 Å². The van der Waals surface area contributed by atoms with Gasteiger partial charge in [0.2, 0.25) is 26.0 Å². The highest BCUT2D eigenvalue weighted by atomic mass is 32.2. The van der Waals surface area contributed by atoms with Gasteiger partial charge in [0, 0.05) is 32.7 Å². The second-order valence-corrected chi connectivity index (χ2v) is 11.8. The average Bonchev–Trinajstić information content (AvgIpc) is 2.97. The van der Waals surface area contributed by atoms with E-state index in [9.17, 15) is 21.6 Å². The molecule has 1 saturated heterocycles. The van der Waals surface area contributed by atoms with E-state index in [4.69, 9.17) is 9.66 Å². The zero-order valence-electron chi connectivity index (χ0n) is 19.5. The number of nitrogens with one attached hydrogen (secondary N) is 1. The number of carbonyl (C=O) groups excluding carboxylic acids is 1. The smallest absolute Gasteiger partial charge is 0.248 e. The quantitative estimate of drug-likeness (QED) is 0.513. The van der Waals surface area contributed by atoms with Gasteiger partial charge < -0.3 is 9.84 Å². The number of carbonyl (C=O) groups is 1. The first kappa shape index (κ1) is 26.3. The molecule has 0 saturated carbocycles. The second kappa shape index (κ2) is 10.5. The summed E-state index contributed by atoms with van der Waals surface area (Å²) in [4.78, 5) is 14.8. The van der Waals surface area contributed by atoms with Crippen LogP contribution in [0.2, 0.25) is 0 Å². The molecular weight excluding hydrogens is 482 g/mol. The van der Waals surface area contributed by atoms with Crippen molar-refractivity contribution in [2.24, 2.45) is 5.14 Å². The van der Waals surface area contributed by atoms with E-state index in [-0.39, 0.29) is 28.0 Å². The highest BCUT2D eigenvalue weighted by Crippen LogP contribution is 2.24. The van der Waals surface area contributed by atoms with Crippen LogP contribution in [0, 0.1) is 13.8 Å². The van der Waals surface area contributed by atoms with E-state index < -0.39 is 26.1 Å². The van der Waals surface area contributed by atoms with Crippen molar-refractivity contribution >= 4 is 26.0 Å². The topological polar surface area (TPSA) is 156 Å². The van der Waals surface area contributed by atoms with E-state index in [0.29, 0.717) is 44.7 Å². The third-order valence-electron chi connectivity index (χ3n) is 5.95. The van der Waals surface area contributed by atoms with Gasteiger partial charge in [-0.3, -0.25) is 9.69 Å². The van der Waals surface area contributed by atoms with E-state index in [1.54, 1.807) is 32.9 Å². The lowest BCUT2D eigenvalue weighted by Gasteiger charge is -2.27. The summed E-state index contributed by atoms with van der Waals surface area (Å²) < 4.78 is 55.3. The lowest BCUT2D eigenvalue weighted by molar-refractivity contribution is -0.125. The van der Waals surface area contributed by atoms with Crippen molar-refractivity contribution in [3.63, 3.8) is 0 Å². The molecule has 1 aliphatic rings. The second-order valence-electron chi connectivity index (χ2n) is 8.35. The largest absolute Gasteiger partial charge is 0.360 e. The van der Waals surface area contributed by atoms with Gasteiger partial charge in [-0.1, -0.05) is 17.3 Å². The SMILES string of the molecule is Cc1noc(C)c1S(=O)(=O)N1CCCN(C(C)C(=O)NCCc2ccc(S(N)(=O)=O)cc2)CC1. The van der Waals surface area contributed by atoms with E-state index >= 15 is 0 Å². The molecule has 1 aromatic heterocycles. The minimum absolute atomic E-state index is 0.0421. The Morgan fingerprint density at radius 1 is 1.12 bits per heavy atom. The molecule has 34 heavy (non-hydrogen) atoms. The molecule has 1 aliphatic heterocycles. The molecule has 3 rings (SSSR count). The minimum atomic E-state index is -3.73. The van der Waals surface area contributed by atoms with Crippen LogP contribution in [0.4, 0.5) is 0 Å². The molecule has 1 fully saturated rings. The van der Waals surface area contributed by atoms with Crippen LogP contribution in [0.5, 0.6) is 0 Å². The fourth-order valence-electron chi connectivity index (χ4n) is 4.00. The fraction of sp³-hybridized carbons (Fsp3) is 0.524. The number of rotatable bonds is 8. The average molecular weight is 514 g/mol. The van der Waals surface area contributed by atoms with Crippen LogP contribution in [-0.2, 0) is 31.3 Å². The maximum absolute atomic E-state index is 13.1. The predicted molar refractivity (Wildman–Crippen MR) is 125 cm³/mol. The monoisotopic (exact) mass is 513 g/mol. The molecule has 188 valence electrons. The molecule has 0 aliphatic carbocycles. The summed E-state index contributed by atoms with van der Waals surface area (Å²) in [7, 11) is -7.46. The van der Waals surface area contributed by atoms with Gasteiger partial charge in [0.15, 0.2) is 5.76 Å². The minimum Gasteiger partial charge on any atom is -0.360 e. The van der Waals surface area contributed by atoms with E-state index in [1.807, 2.05) is 4.90 Å². The van der Waals surface area contributed by atoms with Gasteiger partial charge in [0.1, 0.15) is 10.6 Å². The molecule has 3 N–H and O–H groups in total. The predicted octanol–water partition coefficient (Wildman–Crippen LogP) is 0.383. The Bertz CT molecular complexity index is 1210. The first-order valence-corrected chi connectivity index (χ1v) is 14.0. The molecule has 0 bridgehead atoms. The Labute approximate surface area is 200 Å². The lowest BCUT2D eigenvalue weighted by Crippen LogP contribution is -2.47. The number of hydrogen-bond acceptors (Lipinski definition) is 8. The number of amides is 1. The highest BCUT2D eigenvalue weighted by Gasteiger charge is 2.33. The maximum atomic E-state index is 13.1. The Balaban J connectivity index is 1.53. The molecule has 11 nitrogen and oxygen atoms in total. The van der Waals surface area contributed by atoms with Crippen molar-refractivity contribution in [3.8, 4) is 0 Å². The number of sulfonamides is 2. The number of primary sulfonamides is 1. The molecule has 1 atom stereocenters. The zero-order valence-corrected chi connectivity index (χ0v) is 21.2. The van der Waals surface area contributed by atoms with Crippen LogP contribution in [-0.4, -0.2) is 75.9 Å². The van der Waals surface area contributed by atoms with Crippen LogP contribution in [0.25, 0.3) is 0 Å². The first-order chi connectivity index (χ1) is 15.9. The number of benzene rings is 1.